The molecule has 3 amide bonds. The minimum Gasteiger partial charge on any atom is -0.450 e. The van der Waals surface area contributed by atoms with Gasteiger partial charge in [-0.2, -0.15) is 13.2 Å². The number of nitrogens with one attached hydrogen (secondary N) is 1. The molecule has 0 radical (unpaired) electrons. The van der Waals surface area contributed by atoms with E-state index in [0.29, 0.717) is 13.1 Å². The Bertz CT molecular complexity index is 701. The van der Waals surface area contributed by atoms with Crippen molar-refractivity contribution < 1.29 is 32.3 Å². The van der Waals surface area contributed by atoms with Crippen LogP contribution in [0.25, 0.3) is 0 Å². The molecule has 0 bridgehead atoms. The van der Waals surface area contributed by atoms with Crippen LogP contribution in [0.5, 0.6) is 0 Å². The van der Waals surface area contributed by atoms with Crippen LogP contribution in [0.3, 0.4) is 0 Å². The number of alkyl halides is 3. The van der Waals surface area contributed by atoms with Crippen molar-refractivity contribution in [3.63, 3.8) is 0 Å². The van der Waals surface area contributed by atoms with Crippen LogP contribution in [0.4, 0.5) is 23.7 Å². The number of carbonyl (C=O) groups excluding carboxylic acids is 3. The van der Waals surface area contributed by atoms with Crippen molar-refractivity contribution in [2.45, 2.75) is 19.5 Å². The summed E-state index contributed by atoms with van der Waals surface area (Å²) in [6.07, 6.45) is -5.46. The maximum atomic E-state index is 12.7. The van der Waals surface area contributed by atoms with Gasteiger partial charge in [0.25, 0.3) is 0 Å². The Morgan fingerprint density at radius 3 is 2.33 bits per heavy atom. The molecule has 1 fully saturated rings. The van der Waals surface area contributed by atoms with Gasteiger partial charge >= 0.3 is 12.3 Å². The number of piperazine rings is 1. The molecule has 2 rings (SSSR count). The Morgan fingerprint density at radius 1 is 1.11 bits per heavy atom. The van der Waals surface area contributed by atoms with Gasteiger partial charge in [-0.15, -0.1) is 0 Å². The van der Waals surface area contributed by atoms with Crippen molar-refractivity contribution in [2.75, 3.05) is 38.1 Å². The predicted octanol–water partition coefficient (Wildman–Crippen LogP) is 2.33. The molecule has 1 aliphatic heterocycles. The van der Waals surface area contributed by atoms with Crippen LogP contribution in [0.15, 0.2) is 24.3 Å². The fourth-order valence-corrected chi connectivity index (χ4v) is 2.58. The number of halogens is 3. The van der Waals surface area contributed by atoms with Gasteiger partial charge < -0.3 is 19.9 Å². The Hall–Kier alpha value is -2.78. The fourth-order valence-electron chi connectivity index (χ4n) is 2.58. The van der Waals surface area contributed by atoms with E-state index in [9.17, 15) is 27.6 Å². The van der Waals surface area contributed by atoms with Gasteiger partial charge in [0.05, 0.1) is 12.2 Å². The highest BCUT2D eigenvalue weighted by atomic mass is 19.4. The third-order valence-corrected chi connectivity index (χ3v) is 3.94. The second kappa shape index (κ2) is 8.74. The standard InChI is InChI=1S/C17H20F3N3O4/c1-2-27-16(26)23-8-6-22(7-9-23)15(25)11-14(24)21-13-5-3-4-12(10-13)17(18,19)20/h3-5,10H,2,6-9,11H2,1H3,(H,21,24). The molecule has 1 heterocycles. The zero-order chi connectivity index (χ0) is 20.0. The molecule has 0 aliphatic carbocycles. The number of anilines is 1. The van der Waals surface area contributed by atoms with E-state index in [1.165, 1.54) is 21.9 Å². The number of hydrogen-bond acceptors (Lipinski definition) is 4. The van der Waals surface area contributed by atoms with Gasteiger partial charge in [-0.3, -0.25) is 9.59 Å². The Morgan fingerprint density at radius 2 is 1.74 bits per heavy atom. The summed E-state index contributed by atoms with van der Waals surface area (Å²) in [7, 11) is 0. The lowest BCUT2D eigenvalue weighted by molar-refractivity contribution is -0.138. The van der Waals surface area contributed by atoms with Crippen LogP contribution in [-0.2, 0) is 20.5 Å². The quantitative estimate of drug-likeness (QED) is 0.805. The summed E-state index contributed by atoms with van der Waals surface area (Å²) >= 11 is 0. The van der Waals surface area contributed by atoms with Crippen molar-refractivity contribution in [1.29, 1.82) is 0 Å². The summed E-state index contributed by atoms with van der Waals surface area (Å²) in [5.74, 6) is -1.16. The molecule has 10 heteroatoms. The van der Waals surface area contributed by atoms with Crippen molar-refractivity contribution >= 4 is 23.6 Å². The molecule has 27 heavy (non-hydrogen) atoms. The van der Waals surface area contributed by atoms with Gasteiger partial charge in [0.2, 0.25) is 11.8 Å². The zero-order valence-electron chi connectivity index (χ0n) is 14.7. The lowest BCUT2D eigenvalue weighted by atomic mass is 10.2. The second-order valence-corrected chi connectivity index (χ2v) is 5.87. The molecule has 148 valence electrons. The van der Waals surface area contributed by atoms with Gasteiger partial charge in [0.1, 0.15) is 6.42 Å². The molecule has 1 aliphatic rings. The molecule has 0 unspecified atom stereocenters. The maximum absolute atomic E-state index is 12.7. The van der Waals surface area contributed by atoms with Gasteiger partial charge in [0, 0.05) is 31.9 Å². The molecule has 1 saturated heterocycles. The normalized spacial score (nSPS) is 14.7. The highest BCUT2D eigenvalue weighted by molar-refractivity contribution is 6.03. The van der Waals surface area contributed by atoms with E-state index in [0.717, 1.165) is 12.1 Å². The summed E-state index contributed by atoms with van der Waals surface area (Å²) in [5.41, 5.74) is -0.920. The van der Waals surface area contributed by atoms with Crippen molar-refractivity contribution in [3.8, 4) is 0 Å². The van der Waals surface area contributed by atoms with E-state index in [2.05, 4.69) is 5.32 Å². The highest BCUT2D eigenvalue weighted by Crippen LogP contribution is 2.30. The third kappa shape index (κ3) is 5.87. The smallest absolute Gasteiger partial charge is 0.416 e. The topological polar surface area (TPSA) is 79.0 Å². The summed E-state index contributed by atoms with van der Waals surface area (Å²) in [4.78, 5) is 38.6. The van der Waals surface area contributed by atoms with Crippen LogP contribution < -0.4 is 5.32 Å². The van der Waals surface area contributed by atoms with E-state index >= 15 is 0 Å². The summed E-state index contributed by atoms with van der Waals surface area (Å²) < 4.78 is 42.9. The average molecular weight is 387 g/mol. The molecule has 0 atom stereocenters. The number of nitrogens with zero attached hydrogens (tertiary/aromatic N) is 2. The molecule has 1 aromatic rings. The Labute approximate surface area is 154 Å². The first-order valence-corrected chi connectivity index (χ1v) is 8.37. The molecule has 1 N–H and O–H groups in total. The molecular weight excluding hydrogens is 367 g/mol. The summed E-state index contributed by atoms with van der Waals surface area (Å²) in [6.45, 7) is 3.05. The number of rotatable bonds is 4. The fraction of sp³-hybridized carbons (Fsp3) is 0.471. The summed E-state index contributed by atoms with van der Waals surface area (Å²) in [5, 5.41) is 2.30. The second-order valence-electron chi connectivity index (χ2n) is 5.87. The van der Waals surface area contributed by atoms with E-state index in [4.69, 9.17) is 4.74 Å². The monoisotopic (exact) mass is 387 g/mol. The van der Waals surface area contributed by atoms with Crippen LogP contribution in [0.2, 0.25) is 0 Å². The maximum Gasteiger partial charge on any atom is 0.416 e. The van der Waals surface area contributed by atoms with Gasteiger partial charge in [-0.05, 0) is 25.1 Å². The SMILES string of the molecule is CCOC(=O)N1CCN(C(=O)CC(=O)Nc2cccc(C(F)(F)F)c2)CC1. The van der Waals surface area contributed by atoms with E-state index in [1.54, 1.807) is 6.92 Å². The Balaban J connectivity index is 1.84. The first kappa shape index (κ1) is 20.5. The number of hydrogen-bond donors (Lipinski definition) is 1. The van der Waals surface area contributed by atoms with Gasteiger partial charge in [0.15, 0.2) is 0 Å². The minimum absolute atomic E-state index is 0.0326. The number of ether oxygens (including phenoxy) is 1. The number of carbonyl (C=O) groups is 3. The van der Waals surface area contributed by atoms with Crippen molar-refractivity contribution in [2.24, 2.45) is 0 Å². The van der Waals surface area contributed by atoms with Crippen molar-refractivity contribution in [1.82, 2.24) is 9.80 Å². The zero-order valence-corrected chi connectivity index (χ0v) is 14.7. The third-order valence-electron chi connectivity index (χ3n) is 3.94. The van der Waals surface area contributed by atoms with E-state index in [1.807, 2.05) is 0 Å². The van der Waals surface area contributed by atoms with E-state index in [-0.39, 0.29) is 25.4 Å². The molecule has 1 aromatic carbocycles. The predicted molar refractivity (Wildman–Crippen MR) is 89.9 cm³/mol. The Kier molecular flexibility index (Phi) is 6.65. The van der Waals surface area contributed by atoms with E-state index < -0.39 is 36.1 Å². The van der Waals surface area contributed by atoms with Gasteiger partial charge in [-0.1, -0.05) is 6.07 Å². The first-order valence-electron chi connectivity index (χ1n) is 8.37. The average Bonchev–Trinajstić information content (AvgIpc) is 2.61. The lowest BCUT2D eigenvalue weighted by Gasteiger charge is -2.34. The van der Waals surface area contributed by atoms with Crippen LogP contribution in [0, 0.1) is 0 Å². The molecule has 0 spiro atoms. The molecule has 7 nitrogen and oxygen atoms in total. The lowest BCUT2D eigenvalue weighted by Crippen LogP contribution is -2.51. The molecule has 0 aromatic heterocycles. The summed E-state index contributed by atoms with van der Waals surface area (Å²) in [6, 6.07) is 4.19. The number of amides is 3. The van der Waals surface area contributed by atoms with Crippen molar-refractivity contribution in [3.05, 3.63) is 29.8 Å². The molecular formula is C17H20F3N3O4. The highest BCUT2D eigenvalue weighted by Gasteiger charge is 2.30. The number of benzene rings is 1. The minimum atomic E-state index is -4.52. The van der Waals surface area contributed by atoms with Crippen LogP contribution >= 0.6 is 0 Å². The van der Waals surface area contributed by atoms with Crippen LogP contribution in [-0.4, -0.2) is 60.5 Å². The van der Waals surface area contributed by atoms with Gasteiger partial charge in [-0.25, -0.2) is 4.79 Å². The van der Waals surface area contributed by atoms with Crippen LogP contribution in [0.1, 0.15) is 18.9 Å². The molecule has 0 saturated carbocycles. The first-order chi connectivity index (χ1) is 12.7. The largest absolute Gasteiger partial charge is 0.450 e.